The SMILES string of the molecule is CCNC(c1ccc2c(c1)CCCO2)C1CCOC1. The first-order valence-corrected chi connectivity index (χ1v) is 7.45. The largest absolute Gasteiger partial charge is 0.493 e. The molecule has 0 amide bonds. The van der Waals surface area contributed by atoms with E-state index in [1.807, 2.05) is 0 Å². The van der Waals surface area contributed by atoms with E-state index in [1.54, 1.807) is 0 Å². The Labute approximate surface area is 115 Å². The van der Waals surface area contributed by atoms with Gasteiger partial charge < -0.3 is 14.8 Å². The van der Waals surface area contributed by atoms with Crippen molar-refractivity contribution in [1.82, 2.24) is 5.32 Å². The van der Waals surface area contributed by atoms with E-state index < -0.39 is 0 Å². The van der Waals surface area contributed by atoms with Crippen LogP contribution in [0.25, 0.3) is 0 Å². The number of fused-ring (bicyclic) bond motifs is 1. The summed E-state index contributed by atoms with van der Waals surface area (Å²) in [5.41, 5.74) is 2.76. The van der Waals surface area contributed by atoms with E-state index in [4.69, 9.17) is 9.47 Å². The van der Waals surface area contributed by atoms with Crippen LogP contribution in [0.4, 0.5) is 0 Å². The van der Waals surface area contributed by atoms with Crippen LogP contribution in [0.3, 0.4) is 0 Å². The number of ether oxygens (including phenoxy) is 2. The zero-order chi connectivity index (χ0) is 13.1. The quantitative estimate of drug-likeness (QED) is 0.904. The maximum atomic E-state index is 5.70. The topological polar surface area (TPSA) is 30.5 Å². The summed E-state index contributed by atoms with van der Waals surface area (Å²) in [6, 6.07) is 7.11. The van der Waals surface area contributed by atoms with Crippen LogP contribution in [0.15, 0.2) is 18.2 Å². The van der Waals surface area contributed by atoms with Crippen molar-refractivity contribution >= 4 is 0 Å². The van der Waals surface area contributed by atoms with Gasteiger partial charge in [0, 0.05) is 18.6 Å². The fourth-order valence-corrected chi connectivity index (χ4v) is 3.17. The fourth-order valence-electron chi connectivity index (χ4n) is 3.17. The molecule has 2 aliphatic rings. The first-order chi connectivity index (χ1) is 9.38. The summed E-state index contributed by atoms with van der Waals surface area (Å²) in [4.78, 5) is 0. The Morgan fingerprint density at radius 2 is 2.32 bits per heavy atom. The van der Waals surface area contributed by atoms with Gasteiger partial charge in [0.05, 0.1) is 13.2 Å². The molecule has 2 unspecified atom stereocenters. The number of rotatable bonds is 4. The van der Waals surface area contributed by atoms with Gasteiger partial charge in [-0.3, -0.25) is 0 Å². The molecule has 2 aliphatic heterocycles. The van der Waals surface area contributed by atoms with E-state index in [2.05, 4.69) is 30.4 Å². The van der Waals surface area contributed by atoms with Crippen molar-refractivity contribution in [2.75, 3.05) is 26.4 Å². The van der Waals surface area contributed by atoms with Gasteiger partial charge in [-0.1, -0.05) is 19.1 Å². The first kappa shape index (κ1) is 12.9. The van der Waals surface area contributed by atoms with Crippen LogP contribution in [0, 0.1) is 5.92 Å². The second-order valence-electron chi connectivity index (χ2n) is 5.48. The van der Waals surface area contributed by atoms with Crippen LogP contribution >= 0.6 is 0 Å². The maximum Gasteiger partial charge on any atom is 0.122 e. The van der Waals surface area contributed by atoms with Crippen molar-refractivity contribution in [3.8, 4) is 5.75 Å². The van der Waals surface area contributed by atoms with Crippen LogP contribution in [0.1, 0.15) is 36.9 Å². The van der Waals surface area contributed by atoms with Gasteiger partial charge in [0.2, 0.25) is 0 Å². The van der Waals surface area contributed by atoms with Gasteiger partial charge in [-0.05, 0) is 43.0 Å². The molecule has 0 spiro atoms. The lowest BCUT2D eigenvalue weighted by Crippen LogP contribution is -2.28. The third-order valence-corrected chi connectivity index (χ3v) is 4.15. The van der Waals surface area contributed by atoms with Gasteiger partial charge in [0.15, 0.2) is 0 Å². The summed E-state index contributed by atoms with van der Waals surface area (Å²) in [7, 11) is 0. The molecule has 1 N–H and O–H groups in total. The van der Waals surface area contributed by atoms with E-state index in [9.17, 15) is 0 Å². The van der Waals surface area contributed by atoms with Crippen LogP contribution in [-0.2, 0) is 11.2 Å². The Hall–Kier alpha value is -1.06. The predicted molar refractivity (Wildman–Crippen MR) is 75.6 cm³/mol. The third-order valence-electron chi connectivity index (χ3n) is 4.15. The fraction of sp³-hybridized carbons (Fsp3) is 0.625. The van der Waals surface area contributed by atoms with Gasteiger partial charge >= 0.3 is 0 Å². The minimum absolute atomic E-state index is 0.416. The highest BCUT2D eigenvalue weighted by Gasteiger charge is 2.27. The van der Waals surface area contributed by atoms with Crippen molar-refractivity contribution in [3.05, 3.63) is 29.3 Å². The van der Waals surface area contributed by atoms with E-state index in [1.165, 1.54) is 11.1 Å². The Morgan fingerprint density at radius 1 is 1.37 bits per heavy atom. The lowest BCUT2D eigenvalue weighted by molar-refractivity contribution is 0.177. The number of benzene rings is 1. The van der Waals surface area contributed by atoms with Crippen molar-refractivity contribution < 1.29 is 9.47 Å². The van der Waals surface area contributed by atoms with Gasteiger partial charge in [-0.15, -0.1) is 0 Å². The molecule has 104 valence electrons. The molecule has 2 heterocycles. The predicted octanol–water partition coefficient (Wildman–Crippen LogP) is 2.70. The molecule has 2 atom stereocenters. The normalized spacial score (nSPS) is 23.7. The maximum absolute atomic E-state index is 5.70. The molecule has 3 nitrogen and oxygen atoms in total. The molecule has 3 rings (SSSR count). The third kappa shape index (κ3) is 2.77. The number of nitrogens with one attached hydrogen (secondary N) is 1. The molecule has 1 fully saturated rings. The molecule has 0 saturated carbocycles. The summed E-state index contributed by atoms with van der Waals surface area (Å²) >= 11 is 0. The first-order valence-electron chi connectivity index (χ1n) is 7.45. The lowest BCUT2D eigenvalue weighted by atomic mass is 9.90. The van der Waals surface area contributed by atoms with Crippen LogP contribution in [0.5, 0.6) is 5.75 Å². The van der Waals surface area contributed by atoms with Gasteiger partial charge in [-0.2, -0.15) is 0 Å². The summed E-state index contributed by atoms with van der Waals surface area (Å²) < 4.78 is 11.3. The molecule has 0 radical (unpaired) electrons. The van der Waals surface area contributed by atoms with E-state index in [0.717, 1.165) is 51.4 Å². The zero-order valence-electron chi connectivity index (χ0n) is 11.7. The molecule has 0 aromatic heterocycles. The van der Waals surface area contributed by atoms with E-state index in [-0.39, 0.29) is 0 Å². The number of hydrogen-bond acceptors (Lipinski definition) is 3. The second-order valence-corrected chi connectivity index (χ2v) is 5.48. The Bertz CT molecular complexity index is 427. The Balaban J connectivity index is 1.84. The van der Waals surface area contributed by atoms with Gasteiger partial charge in [0.1, 0.15) is 5.75 Å². The average molecular weight is 261 g/mol. The molecule has 3 heteroatoms. The minimum atomic E-state index is 0.416. The standard InChI is InChI=1S/C16H23NO2/c1-2-17-16(14-7-9-18-11-14)13-5-6-15-12(10-13)4-3-8-19-15/h5-6,10,14,16-17H,2-4,7-9,11H2,1H3. The molecule has 1 aromatic carbocycles. The van der Waals surface area contributed by atoms with Crippen molar-refractivity contribution in [2.24, 2.45) is 5.92 Å². The molecule has 1 saturated heterocycles. The van der Waals surface area contributed by atoms with Gasteiger partial charge in [-0.25, -0.2) is 0 Å². The lowest BCUT2D eigenvalue weighted by Gasteiger charge is -2.26. The van der Waals surface area contributed by atoms with Crippen LogP contribution < -0.4 is 10.1 Å². The highest BCUT2D eigenvalue weighted by molar-refractivity contribution is 5.39. The van der Waals surface area contributed by atoms with Crippen LogP contribution in [-0.4, -0.2) is 26.4 Å². The van der Waals surface area contributed by atoms with E-state index >= 15 is 0 Å². The van der Waals surface area contributed by atoms with E-state index in [0.29, 0.717) is 12.0 Å². The summed E-state index contributed by atoms with van der Waals surface area (Å²) in [5.74, 6) is 1.68. The molecule has 0 bridgehead atoms. The number of aryl methyl sites for hydroxylation is 1. The van der Waals surface area contributed by atoms with Crippen molar-refractivity contribution in [1.29, 1.82) is 0 Å². The number of hydrogen-bond donors (Lipinski definition) is 1. The molecule has 0 aliphatic carbocycles. The monoisotopic (exact) mass is 261 g/mol. The zero-order valence-corrected chi connectivity index (χ0v) is 11.7. The molecule has 19 heavy (non-hydrogen) atoms. The summed E-state index contributed by atoms with van der Waals surface area (Å²) in [5, 5.41) is 3.63. The second kappa shape index (κ2) is 5.93. The van der Waals surface area contributed by atoms with Gasteiger partial charge in [0.25, 0.3) is 0 Å². The van der Waals surface area contributed by atoms with Crippen LogP contribution in [0.2, 0.25) is 0 Å². The Morgan fingerprint density at radius 3 is 3.11 bits per heavy atom. The highest BCUT2D eigenvalue weighted by atomic mass is 16.5. The van der Waals surface area contributed by atoms with Crippen molar-refractivity contribution in [2.45, 2.75) is 32.2 Å². The minimum Gasteiger partial charge on any atom is -0.493 e. The summed E-state index contributed by atoms with van der Waals surface area (Å²) in [6.45, 7) is 5.81. The molecular weight excluding hydrogens is 238 g/mol. The Kier molecular flexibility index (Phi) is 4.04. The smallest absolute Gasteiger partial charge is 0.122 e. The molecular formula is C16H23NO2. The summed E-state index contributed by atoms with van der Waals surface area (Å²) in [6.07, 6.45) is 3.43. The molecule has 1 aromatic rings. The average Bonchev–Trinajstić information content (AvgIpc) is 2.98. The van der Waals surface area contributed by atoms with Crippen molar-refractivity contribution in [3.63, 3.8) is 0 Å². The highest BCUT2D eigenvalue weighted by Crippen LogP contribution is 2.33.